The molecule has 2 heterocycles. The third-order valence-corrected chi connectivity index (χ3v) is 5.15. The first-order chi connectivity index (χ1) is 12.9. The monoisotopic (exact) mass is 369 g/mol. The number of likely N-dealkylation sites (N-methyl/N-ethyl adjacent to an activating group) is 1. The molecular formula is C20H27N5O2. The van der Waals surface area contributed by atoms with Gasteiger partial charge in [0.1, 0.15) is 0 Å². The molecule has 2 amide bonds. The lowest BCUT2D eigenvalue weighted by atomic mass is 10.0. The molecule has 1 fully saturated rings. The van der Waals surface area contributed by atoms with E-state index in [-0.39, 0.29) is 23.9 Å². The lowest BCUT2D eigenvalue weighted by molar-refractivity contribution is -0.142. The molecule has 0 spiro atoms. The van der Waals surface area contributed by atoms with Gasteiger partial charge in [-0.1, -0.05) is 29.8 Å². The number of hydrogen-bond donors (Lipinski definition) is 1. The summed E-state index contributed by atoms with van der Waals surface area (Å²) in [6.07, 6.45) is 3.35. The van der Waals surface area contributed by atoms with E-state index < -0.39 is 0 Å². The minimum absolute atomic E-state index is 0.0347. The number of nitrogens with zero attached hydrogens (tertiary/aromatic N) is 4. The zero-order valence-electron chi connectivity index (χ0n) is 16.3. The average molecular weight is 369 g/mol. The molecule has 7 heteroatoms. The van der Waals surface area contributed by atoms with Gasteiger partial charge < -0.3 is 14.8 Å². The first-order valence-electron chi connectivity index (χ1n) is 9.18. The van der Waals surface area contributed by atoms with Gasteiger partial charge >= 0.3 is 0 Å². The number of rotatable bonds is 5. The summed E-state index contributed by atoms with van der Waals surface area (Å²) in [4.78, 5) is 32.9. The maximum Gasteiger partial charge on any atom is 0.287 e. The van der Waals surface area contributed by atoms with Gasteiger partial charge in [0, 0.05) is 52.2 Å². The van der Waals surface area contributed by atoms with Gasteiger partial charge in [-0.15, -0.1) is 0 Å². The second-order valence-corrected chi connectivity index (χ2v) is 7.28. The Balaban J connectivity index is 1.74. The predicted octanol–water partition coefficient (Wildman–Crippen LogP) is 1.19. The maximum absolute atomic E-state index is 12.5. The normalized spacial score (nSPS) is 20.7. The second-order valence-electron chi connectivity index (χ2n) is 7.28. The summed E-state index contributed by atoms with van der Waals surface area (Å²) in [5, 5.41) is 2.98. The standard InChI is InChI=1S/C20H27N5O2/c1-14-6-5-7-16(10-14)12-25-15(2)20(27)24(4)13-17(25)11-22-19(26)18-21-8-9-23(18)3/h5-10,15,17H,11-13H2,1-4H3,(H,22,26)/t15-,17+/m0/s1. The summed E-state index contributed by atoms with van der Waals surface area (Å²) in [5.74, 6) is 0.285. The van der Waals surface area contributed by atoms with E-state index in [0.29, 0.717) is 25.5 Å². The van der Waals surface area contributed by atoms with Gasteiger partial charge in [0.2, 0.25) is 5.91 Å². The molecule has 1 N–H and O–H groups in total. The molecule has 0 bridgehead atoms. The molecule has 3 rings (SSSR count). The number of imidazole rings is 1. The van der Waals surface area contributed by atoms with Crippen molar-refractivity contribution >= 4 is 11.8 Å². The Kier molecular flexibility index (Phi) is 5.60. The van der Waals surface area contributed by atoms with Gasteiger partial charge in [-0.2, -0.15) is 0 Å². The van der Waals surface area contributed by atoms with E-state index in [0.717, 1.165) is 0 Å². The highest BCUT2D eigenvalue weighted by Gasteiger charge is 2.36. The van der Waals surface area contributed by atoms with Crippen LogP contribution in [0.15, 0.2) is 36.7 Å². The van der Waals surface area contributed by atoms with Gasteiger partial charge in [0.15, 0.2) is 5.82 Å². The largest absolute Gasteiger partial charge is 0.348 e. The van der Waals surface area contributed by atoms with Crippen molar-refractivity contribution in [1.82, 2.24) is 24.7 Å². The van der Waals surface area contributed by atoms with Crippen LogP contribution < -0.4 is 5.32 Å². The number of amides is 2. The molecule has 2 aromatic rings. The van der Waals surface area contributed by atoms with Gasteiger partial charge in [-0.3, -0.25) is 14.5 Å². The molecule has 1 aliphatic rings. The number of hydrogen-bond acceptors (Lipinski definition) is 4. The number of carbonyl (C=O) groups excluding carboxylic acids is 2. The van der Waals surface area contributed by atoms with Crippen LogP contribution in [0.4, 0.5) is 0 Å². The first-order valence-corrected chi connectivity index (χ1v) is 9.18. The van der Waals surface area contributed by atoms with Crippen molar-refractivity contribution in [2.24, 2.45) is 7.05 Å². The van der Waals surface area contributed by atoms with Crippen LogP contribution in [0.5, 0.6) is 0 Å². The zero-order valence-corrected chi connectivity index (χ0v) is 16.3. The molecule has 1 aliphatic heterocycles. The minimum atomic E-state index is -0.237. The second kappa shape index (κ2) is 7.92. The summed E-state index contributed by atoms with van der Waals surface area (Å²) in [7, 11) is 3.61. The minimum Gasteiger partial charge on any atom is -0.348 e. The summed E-state index contributed by atoms with van der Waals surface area (Å²) in [5.41, 5.74) is 2.36. The van der Waals surface area contributed by atoms with E-state index in [1.165, 1.54) is 11.1 Å². The molecule has 0 radical (unpaired) electrons. The van der Waals surface area contributed by atoms with E-state index in [1.54, 1.807) is 28.9 Å². The van der Waals surface area contributed by atoms with Crippen LogP contribution in [0, 0.1) is 6.92 Å². The van der Waals surface area contributed by atoms with Crippen LogP contribution >= 0.6 is 0 Å². The van der Waals surface area contributed by atoms with E-state index in [2.05, 4.69) is 40.3 Å². The smallest absolute Gasteiger partial charge is 0.287 e. The summed E-state index contributed by atoms with van der Waals surface area (Å²) < 4.78 is 1.69. The third-order valence-electron chi connectivity index (χ3n) is 5.15. The Labute approximate surface area is 160 Å². The molecule has 1 aromatic heterocycles. The Hall–Kier alpha value is -2.67. The summed E-state index contributed by atoms with van der Waals surface area (Å²) in [6, 6.07) is 8.11. The molecule has 7 nitrogen and oxygen atoms in total. The zero-order chi connectivity index (χ0) is 19.6. The van der Waals surface area contributed by atoms with Crippen LogP contribution in [0.1, 0.15) is 28.7 Å². The Morgan fingerprint density at radius 3 is 2.78 bits per heavy atom. The number of aromatic nitrogens is 2. The van der Waals surface area contributed by atoms with E-state index in [1.807, 2.05) is 20.0 Å². The fourth-order valence-corrected chi connectivity index (χ4v) is 3.63. The average Bonchev–Trinajstić information content (AvgIpc) is 3.06. The number of piperazine rings is 1. The molecular weight excluding hydrogens is 342 g/mol. The Morgan fingerprint density at radius 1 is 1.33 bits per heavy atom. The fourth-order valence-electron chi connectivity index (χ4n) is 3.63. The molecule has 1 saturated heterocycles. The van der Waals surface area contributed by atoms with Gasteiger partial charge in [0.25, 0.3) is 5.91 Å². The van der Waals surface area contributed by atoms with Gasteiger partial charge in [0.05, 0.1) is 6.04 Å². The van der Waals surface area contributed by atoms with E-state index in [4.69, 9.17) is 0 Å². The molecule has 0 aliphatic carbocycles. The number of carbonyl (C=O) groups is 2. The highest BCUT2D eigenvalue weighted by molar-refractivity contribution is 5.90. The van der Waals surface area contributed by atoms with Gasteiger partial charge in [-0.05, 0) is 19.4 Å². The highest BCUT2D eigenvalue weighted by atomic mass is 16.2. The SMILES string of the molecule is Cc1cccc(CN2[C@H](CNC(=O)c3nccn3C)CN(C)C(=O)[C@@H]2C)c1. The van der Waals surface area contributed by atoms with Crippen molar-refractivity contribution in [2.75, 3.05) is 20.1 Å². The molecule has 27 heavy (non-hydrogen) atoms. The van der Waals surface area contributed by atoms with E-state index in [9.17, 15) is 9.59 Å². The van der Waals surface area contributed by atoms with Crippen LogP contribution in [-0.4, -0.2) is 63.4 Å². The molecule has 144 valence electrons. The predicted molar refractivity (Wildman–Crippen MR) is 103 cm³/mol. The van der Waals surface area contributed by atoms with E-state index >= 15 is 0 Å². The lowest BCUT2D eigenvalue weighted by Gasteiger charge is -2.44. The van der Waals surface area contributed by atoms with Crippen LogP contribution in [0.25, 0.3) is 0 Å². The fraction of sp³-hybridized carbons (Fsp3) is 0.450. The van der Waals surface area contributed by atoms with Crippen molar-refractivity contribution in [3.8, 4) is 0 Å². The van der Waals surface area contributed by atoms with Crippen LogP contribution in [0.3, 0.4) is 0 Å². The Morgan fingerprint density at radius 2 is 2.11 bits per heavy atom. The maximum atomic E-state index is 12.5. The van der Waals surface area contributed by atoms with Crippen molar-refractivity contribution in [3.05, 3.63) is 53.6 Å². The van der Waals surface area contributed by atoms with Crippen LogP contribution in [0.2, 0.25) is 0 Å². The molecule has 2 atom stereocenters. The number of nitrogens with one attached hydrogen (secondary N) is 1. The van der Waals surface area contributed by atoms with Crippen LogP contribution in [-0.2, 0) is 18.4 Å². The van der Waals surface area contributed by atoms with Crippen molar-refractivity contribution in [1.29, 1.82) is 0 Å². The first kappa shape index (κ1) is 19.1. The lowest BCUT2D eigenvalue weighted by Crippen LogP contribution is -2.62. The van der Waals surface area contributed by atoms with Crippen molar-refractivity contribution in [3.63, 3.8) is 0 Å². The van der Waals surface area contributed by atoms with Crippen molar-refractivity contribution in [2.45, 2.75) is 32.5 Å². The Bertz CT molecular complexity index is 831. The molecule has 0 unspecified atom stereocenters. The van der Waals surface area contributed by atoms with Gasteiger partial charge in [-0.25, -0.2) is 4.98 Å². The number of benzene rings is 1. The third kappa shape index (κ3) is 4.19. The summed E-state index contributed by atoms with van der Waals surface area (Å²) in [6.45, 7) is 5.70. The quantitative estimate of drug-likeness (QED) is 0.860. The highest BCUT2D eigenvalue weighted by Crippen LogP contribution is 2.20. The molecule has 0 saturated carbocycles. The van der Waals surface area contributed by atoms with Crippen molar-refractivity contribution < 1.29 is 9.59 Å². The molecule has 1 aromatic carbocycles. The number of aryl methyl sites for hydroxylation is 2. The topological polar surface area (TPSA) is 70.5 Å². The summed E-state index contributed by atoms with van der Waals surface area (Å²) >= 11 is 0.